The van der Waals surface area contributed by atoms with Crippen LogP contribution in [0.15, 0.2) is 42.6 Å². The van der Waals surface area contributed by atoms with Crippen LogP contribution in [0.25, 0.3) is 22.3 Å². The van der Waals surface area contributed by atoms with Crippen LogP contribution in [0.5, 0.6) is 0 Å². The van der Waals surface area contributed by atoms with E-state index in [0.717, 1.165) is 10.9 Å². The number of para-hydroxylation sites is 1. The van der Waals surface area contributed by atoms with Gasteiger partial charge in [-0.3, -0.25) is 0 Å². The molecule has 0 spiro atoms. The van der Waals surface area contributed by atoms with Crippen molar-refractivity contribution >= 4 is 20.6 Å². The Morgan fingerprint density at radius 3 is 2.45 bits per heavy atom. The number of aromatic nitrogens is 4. The van der Waals surface area contributed by atoms with Crippen molar-refractivity contribution in [2.24, 2.45) is 0 Å². The first kappa shape index (κ1) is 23.8. The first-order valence-electron chi connectivity index (χ1n) is 8.30. The third-order valence-corrected chi connectivity index (χ3v) is 4.50. The van der Waals surface area contributed by atoms with Crippen LogP contribution in [0.3, 0.4) is 0 Å². The summed E-state index contributed by atoms with van der Waals surface area (Å²) in [5, 5.41) is 48.2. The zero-order valence-corrected chi connectivity index (χ0v) is 17.8. The van der Waals surface area contributed by atoms with E-state index in [4.69, 9.17) is 4.74 Å². The maximum atomic E-state index is 10.2. The topological polar surface area (TPSA) is 134 Å². The number of fused-ring (bicyclic) bond motifs is 1. The van der Waals surface area contributed by atoms with Gasteiger partial charge >= 0.3 is 27.0 Å². The third-order valence-electron chi connectivity index (χ3n) is 4.50. The van der Waals surface area contributed by atoms with Crippen molar-refractivity contribution in [1.29, 1.82) is 0 Å². The molecular formula is C18H21ClN4O5Ru. The number of pyridine rings is 1. The summed E-state index contributed by atoms with van der Waals surface area (Å²) in [6.07, 6.45) is -4.89. The number of halogens is 1. The fourth-order valence-electron chi connectivity index (χ4n) is 3.03. The van der Waals surface area contributed by atoms with E-state index in [1.807, 2.05) is 53.7 Å². The van der Waals surface area contributed by atoms with Gasteiger partial charge in [-0.2, -0.15) is 0 Å². The van der Waals surface area contributed by atoms with E-state index >= 15 is 0 Å². The van der Waals surface area contributed by atoms with Crippen LogP contribution in [0, 0.1) is 7.43 Å². The summed E-state index contributed by atoms with van der Waals surface area (Å²) in [7, 11) is 4.57. The van der Waals surface area contributed by atoms with Gasteiger partial charge in [0.25, 0.3) is 0 Å². The number of aliphatic hydroxyl groups excluding tert-OH is 4. The van der Waals surface area contributed by atoms with Crippen LogP contribution in [0.4, 0.5) is 0 Å². The van der Waals surface area contributed by atoms with E-state index in [1.54, 1.807) is 0 Å². The maximum absolute atomic E-state index is 10.2. The van der Waals surface area contributed by atoms with Gasteiger partial charge in [0.2, 0.25) is 0 Å². The van der Waals surface area contributed by atoms with Crippen LogP contribution in [0.1, 0.15) is 6.23 Å². The number of ether oxygens (including phenoxy) is 1. The van der Waals surface area contributed by atoms with Gasteiger partial charge in [0.15, 0.2) is 6.23 Å². The number of rotatable bonds is 3. The van der Waals surface area contributed by atoms with E-state index in [9.17, 15) is 20.4 Å². The molecule has 1 aromatic carbocycles. The number of nitrogens with zero attached hydrogens (tertiary/aromatic N) is 4. The molecule has 0 radical (unpaired) electrons. The van der Waals surface area contributed by atoms with Gasteiger partial charge in [-0.1, -0.05) is 29.5 Å². The normalized spacial score (nSPS) is 26.3. The van der Waals surface area contributed by atoms with E-state index < -0.39 is 37.3 Å². The molecule has 4 N–H and O–H groups in total. The molecule has 0 aliphatic carbocycles. The molecule has 1 saturated heterocycles. The van der Waals surface area contributed by atoms with Gasteiger partial charge in [0, 0.05) is 5.39 Å². The fraction of sp³-hybridized carbons (Fsp3) is 0.333. The van der Waals surface area contributed by atoms with Crippen LogP contribution >= 0.6 is 9.69 Å². The molecule has 158 valence electrons. The molecule has 1 aliphatic heterocycles. The van der Waals surface area contributed by atoms with Crippen LogP contribution < -0.4 is 0 Å². The van der Waals surface area contributed by atoms with Gasteiger partial charge in [0.1, 0.15) is 30.1 Å². The summed E-state index contributed by atoms with van der Waals surface area (Å²) in [5.41, 5.74) is 1.87. The van der Waals surface area contributed by atoms with E-state index in [0.29, 0.717) is 11.4 Å². The van der Waals surface area contributed by atoms with Crippen molar-refractivity contribution in [3.8, 4) is 11.4 Å². The standard InChI is InChI=1S/C17H18N4O5.CH3.ClH.Ru/c22-8-13-14(23)15(24)16(25)17(26-13)21-7-12(19-20-21)11-6-5-9-3-1-2-4-10(9)18-11;;;/h1-7,13-17,22-25H,8H2;1H3;1H;/q;-1;;+2/p-1/t13?,14-,15+,16?,17-;;;/m1.../s1. The average molecular weight is 510 g/mol. The van der Waals surface area contributed by atoms with Crippen LogP contribution in [-0.4, -0.2) is 71.4 Å². The second kappa shape index (κ2) is 10.5. The number of benzene rings is 1. The molecule has 0 saturated carbocycles. The van der Waals surface area contributed by atoms with Crippen molar-refractivity contribution < 1.29 is 42.5 Å². The average Bonchev–Trinajstić information content (AvgIpc) is 3.23. The molecule has 9 nitrogen and oxygen atoms in total. The molecule has 0 amide bonds. The fourth-order valence-corrected chi connectivity index (χ4v) is 3.03. The number of aliphatic hydroxyl groups is 4. The molecule has 3 aromatic rings. The molecule has 1 fully saturated rings. The van der Waals surface area contributed by atoms with Crippen molar-refractivity contribution in [1.82, 2.24) is 20.0 Å². The quantitative estimate of drug-likeness (QED) is 0.298. The van der Waals surface area contributed by atoms with E-state index in [-0.39, 0.29) is 7.43 Å². The summed E-state index contributed by atoms with van der Waals surface area (Å²) < 4.78 is 6.71. The predicted octanol–water partition coefficient (Wildman–Crippen LogP) is 0.603. The minimum atomic E-state index is -1.47. The zero-order chi connectivity index (χ0) is 20.3. The summed E-state index contributed by atoms with van der Waals surface area (Å²) in [4.78, 5) is 4.53. The van der Waals surface area contributed by atoms with Crippen molar-refractivity contribution in [3.05, 3.63) is 50.0 Å². The molecule has 1 aliphatic rings. The van der Waals surface area contributed by atoms with Crippen molar-refractivity contribution in [2.75, 3.05) is 6.61 Å². The molecule has 0 bridgehead atoms. The molecule has 2 aromatic heterocycles. The summed E-state index contributed by atoms with van der Waals surface area (Å²) >= 11 is 1.82. The summed E-state index contributed by atoms with van der Waals surface area (Å²) in [5.74, 6) is 0. The Labute approximate surface area is 181 Å². The van der Waals surface area contributed by atoms with Gasteiger partial charge in [0.05, 0.1) is 24.0 Å². The van der Waals surface area contributed by atoms with E-state index in [1.165, 1.54) is 10.9 Å². The first-order valence-corrected chi connectivity index (χ1v) is 10.5. The minimum absolute atomic E-state index is 0. The number of hydrogen-bond acceptors (Lipinski definition) is 8. The molecule has 5 atom stereocenters. The van der Waals surface area contributed by atoms with Crippen LogP contribution in [0.2, 0.25) is 0 Å². The Hall–Kier alpha value is -1.52. The van der Waals surface area contributed by atoms with Gasteiger partial charge in [-0.25, -0.2) is 9.67 Å². The Kier molecular flexibility index (Phi) is 8.60. The third kappa shape index (κ3) is 4.80. The Balaban J connectivity index is 0.000000970. The first-order chi connectivity index (χ1) is 13.6. The monoisotopic (exact) mass is 510 g/mol. The molecule has 3 heterocycles. The summed E-state index contributed by atoms with van der Waals surface area (Å²) in [6.45, 7) is -0.505. The molecular weight excluding hydrogens is 489 g/mol. The molecule has 11 heteroatoms. The summed E-state index contributed by atoms with van der Waals surface area (Å²) in [6, 6.07) is 11.4. The van der Waals surface area contributed by atoms with Gasteiger partial charge in [-0.15, -0.1) is 5.10 Å². The Morgan fingerprint density at radius 2 is 1.72 bits per heavy atom. The predicted molar refractivity (Wildman–Crippen MR) is 102 cm³/mol. The van der Waals surface area contributed by atoms with Crippen LogP contribution in [-0.2, 0) is 22.0 Å². The second-order valence-corrected chi connectivity index (χ2v) is 6.19. The zero-order valence-electron chi connectivity index (χ0n) is 15.4. The second-order valence-electron chi connectivity index (χ2n) is 6.19. The number of hydrogen-bond donors (Lipinski definition) is 4. The van der Waals surface area contributed by atoms with Gasteiger partial charge in [-0.05, 0) is 12.1 Å². The molecule has 2 unspecified atom stereocenters. The van der Waals surface area contributed by atoms with E-state index in [2.05, 4.69) is 25.0 Å². The van der Waals surface area contributed by atoms with Crippen molar-refractivity contribution in [3.63, 3.8) is 0 Å². The molecule has 4 rings (SSSR count). The van der Waals surface area contributed by atoms with Gasteiger partial charge < -0.3 is 32.6 Å². The molecule has 29 heavy (non-hydrogen) atoms. The Bertz CT molecular complexity index is 928. The SMILES string of the molecule is OCC1O[C@@H](n2cc(-c3ccc4ccccc4n3)nn2)C(O)[C@@H](O)[C@@H]1O.[CH3-].[Cl][Ru+]. The van der Waals surface area contributed by atoms with Crippen molar-refractivity contribution in [2.45, 2.75) is 30.6 Å². The Morgan fingerprint density at radius 1 is 1.00 bits per heavy atom.